The first-order chi connectivity index (χ1) is 19.7. The number of hydrogen-bond acceptors (Lipinski definition) is 5. The highest BCUT2D eigenvalue weighted by atomic mass is 16.7. The quantitative estimate of drug-likeness (QED) is 0.239. The molecule has 0 atom stereocenters. The Morgan fingerprint density at radius 3 is 2.02 bits per heavy atom. The minimum absolute atomic E-state index is 0.0274. The molecule has 0 saturated carbocycles. The predicted molar refractivity (Wildman–Crippen MR) is 161 cm³/mol. The summed E-state index contributed by atoms with van der Waals surface area (Å²) in [5.74, 6) is 0.731. The van der Waals surface area contributed by atoms with Crippen LogP contribution in [0.1, 0.15) is 38.3 Å². The van der Waals surface area contributed by atoms with Gasteiger partial charge in [0.1, 0.15) is 0 Å². The zero-order chi connectivity index (χ0) is 27.2. The molecule has 1 aromatic heterocycles. The summed E-state index contributed by atoms with van der Waals surface area (Å²) in [6.07, 6.45) is 3.02. The first-order valence-corrected chi connectivity index (χ1v) is 14.6. The van der Waals surface area contributed by atoms with Gasteiger partial charge in [-0.2, -0.15) is 0 Å². The molecule has 208 valence electrons. The van der Waals surface area contributed by atoms with Gasteiger partial charge in [-0.05, 0) is 31.5 Å². The van der Waals surface area contributed by atoms with Gasteiger partial charge in [0.25, 0.3) is 0 Å². The van der Waals surface area contributed by atoms with E-state index >= 15 is 0 Å². The van der Waals surface area contributed by atoms with Gasteiger partial charge < -0.3 is 19.4 Å². The molecule has 2 aliphatic rings. The minimum atomic E-state index is -0.478. The molecule has 4 aromatic rings. The van der Waals surface area contributed by atoms with Crippen molar-refractivity contribution in [2.24, 2.45) is 5.41 Å². The number of nitrogens with zero attached hydrogens (tertiary/aromatic N) is 3. The SMILES string of the molecule is C[C@]1(CCCCN2CCN(c3ccccc3)CC2)CO[C@@H](c2nc(-c3ccccc3)c(-c3ccccc3)[nH]2)OC1. The molecule has 2 saturated heterocycles. The number of nitrogens with one attached hydrogen (secondary N) is 1. The average molecular weight is 537 g/mol. The average Bonchev–Trinajstić information content (AvgIpc) is 3.47. The number of piperazine rings is 1. The van der Waals surface area contributed by atoms with E-state index in [4.69, 9.17) is 14.5 Å². The third-order valence-electron chi connectivity index (χ3n) is 8.22. The van der Waals surface area contributed by atoms with Crippen LogP contribution in [0.4, 0.5) is 5.69 Å². The third kappa shape index (κ3) is 6.30. The van der Waals surface area contributed by atoms with Gasteiger partial charge >= 0.3 is 0 Å². The van der Waals surface area contributed by atoms with E-state index in [1.165, 1.54) is 25.1 Å². The van der Waals surface area contributed by atoms with Gasteiger partial charge in [-0.15, -0.1) is 0 Å². The van der Waals surface area contributed by atoms with Gasteiger partial charge in [0.05, 0.1) is 24.6 Å². The number of benzene rings is 3. The number of ether oxygens (including phenoxy) is 2. The Bertz CT molecular complexity index is 1270. The van der Waals surface area contributed by atoms with Crippen LogP contribution in [0.25, 0.3) is 22.5 Å². The normalized spacial score (nSPS) is 21.9. The molecule has 40 heavy (non-hydrogen) atoms. The fraction of sp³-hybridized carbons (Fsp3) is 0.382. The first-order valence-electron chi connectivity index (χ1n) is 14.6. The van der Waals surface area contributed by atoms with Crippen molar-refractivity contribution < 1.29 is 9.47 Å². The summed E-state index contributed by atoms with van der Waals surface area (Å²) in [7, 11) is 0. The van der Waals surface area contributed by atoms with Crippen molar-refractivity contribution >= 4 is 5.69 Å². The second-order valence-electron chi connectivity index (χ2n) is 11.5. The maximum absolute atomic E-state index is 6.29. The van der Waals surface area contributed by atoms with Crippen molar-refractivity contribution in [2.45, 2.75) is 32.5 Å². The molecule has 0 unspecified atom stereocenters. The van der Waals surface area contributed by atoms with Crippen molar-refractivity contribution in [3.05, 3.63) is 96.8 Å². The smallest absolute Gasteiger partial charge is 0.217 e. The van der Waals surface area contributed by atoms with Crippen molar-refractivity contribution in [3.8, 4) is 22.5 Å². The summed E-state index contributed by atoms with van der Waals surface area (Å²) in [6, 6.07) is 31.4. The van der Waals surface area contributed by atoms with E-state index in [1.54, 1.807) is 0 Å². The Kier molecular flexibility index (Phi) is 8.28. The van der Waals surface area contributed by atoms with Crippen LogP contribution in [-0.4, -0.2) is 60.8 Å². The highest BCUT2D eigenvalue weighted by molar-refractivity contribution is 5.78. The van der Waals surface area contributed by atoms with Crippen LogP contribution in [0.2, 0.25) is 0 Å². The maximum atomic E-state index is 6.29. The molecule has 1 N–H and O–H groups in total. The number of aromatic nitrogens is 2. The molecule has 3 heterocycles. The van der Waals surface area contributed by atoms with Gasteiger partial charge in [-0.3, -0.25) is 4.90 Å². The van der Waals surface area contributed by atoms with Gasteiger partial charge in [-0.25, -0.2) is 4.98 Å². The van der Waals surface area contributed by atoms with Crippen LogP contribution < -0.4 is 4.90 Å². The van der Waals surface area contributed by atoms with Crippen molar-refractivity contribution in [3.63, 3.8) is 0 Å². The Labute approximate surface area is 238 Å². The van der Waals surface area contributed by atoms with Gasteiger partial charge in [0.2, 0.25) is 6.29 Å². The van der Waals surface area contributed by atoms with Crippen molar-refractivity contribution in [1.29, 1.82) is 0 Å². The fourth-order valence-electron chi connectivity index (χ4n) is 5.82. The molecule has 2 aliphatic heterocycles. The minimum Gasteiger partial charge on any atom is -0.369 e. The molecule has 0 bridgehead atoms. The van der Waals surface area contributed by atoms with Crippen molar-refractivity contribution in [1.82, 2.24) is 14.9 Å². The number of rotatable bonds is 9. The highest BCUT2D eigenvalue weighted by Crippen LogP contribution is 2.37. The van der Waals surface area contributed by atoms with Crippen LogP contribution in [0.3, 0.4) is 0 Å². The number of imidazole rings is 1. The summed E-state index contributed by atoms with van der Waals surface area (Å²) in [5, 5.41) is 0. The maximum Gasteiger partial charge on any atom is 0.217 e. The fourth-order valence-corrected chi connectivity index (χ4v) is 5.82. The second-order valence-corrected chi connectivity index (χ2v) is 11.5. The van der Waals surface area contributed by atoms with Gasteiger partial charge in [0.15, 0.2) is 5.82 Å². The first kappa shape index (κ1) is 26.8. The zero-order valence-electron chi connectivity index (χ0n) is 23.5. The lowest BCUT2D eigenvalue weighted by Crippen LogP contribution is -2.46. The molecule has 0 radical (unpaired) electrons. The van der Waals surface area contributed by atoms with Crippen molar-refractivity contribution in [2.75, 3.05) is 50.8 Å². The number of hydrogen-bond donors (Lipinski definition) is 1. The summed E-state index contributed by atoms with van der Waals surface area (Å²) in [6.45, 7) is 9.29. The zero-order valence-corrected chi connectivity index (χ0v) is 23.5. The Hall–Kier alpha value is -3.45. The lowest BCUT2D eigenvalue weighted by Gasteiger charge is -2.37. The second kappa shape index (κ2) is 12.4. The lowest BCUT2D eigenvalue weighted by atomic mass is 9.86. The number of unbranched alkanes of at least 4 members (excludes halogenated alkanes) is 1. The van der Waals surface area contributed by atoms with Crippen LogP contribution >= 0.6 is 0 Å². The largest absolute Gasteiger partial charge is 0.369 e. The molecule has 3 aromatic carbocycles. The number of para-hydroxylation sites is 1. The van der Waals surface area contributed by atoms with E-state index < -0.39 is 6.29 Å². The topological polar surface area (TPSA) is 53.6 Å². The van der Waals surface area contributed by atoms with Crippen LogP contribution in [0.15, 0.2) is 91.0 Å². The molecular weight excluding hydrogens is 496 g/mol. The summed E-state index contributed by atoms with van der Waals surface area (Å²) >= 11 is 0. The molecule has 6 rings (SSSR count). The Balaban J connectivity index is 0.996. The van der Waals surface area contributed by atoms with Gasteiger partial charge in [0, 0.05) is 48.4 Å². The summed E-state index contributed by atoms with van der Waals surface area (Å²) < 4.78 is 12.6. The van der Waals surface area contributed by atoms with E-state index in [0.29, 0.717) is 13.2 Å². The number of aromatic amines is 1. The molecule has 6 nitrogen and oxygen atoms in total. The standard InChI is InChI=1S/C34H40N4O2/c1-34(19-11-12-20-37-21-23-38(24-22-37)29-17-9-4-10-18-29)25-39-33(40-26-34)32-35-30(27-13-5-2-6-14-27)31(36-32)28-15-7-3-8-16-28/h2-10,13-18,33H,11-12,19-26H2,1H3,(H,35,36)/t33-,34+. The highest BCUT2D eigenvalue weighted by Gasteiger charge is 2.35. The van der Waals surface area contributed by atoms with Crippen LogP contribution in [0, 0.1) is 5.41 Å². The number of anilines is 1. The van der Waals surface area contributed by atoms with E-state index in [-0.39, 0.29) is 5.41 Å². The van der Waals surface area contributed by atoms with E-state index in [9.17, 15) is 0 Å². The Morgan fingerprint density at radius 2 is 1.38 bits per heavy atom. The number of H-pyrrole nitrogens is 1. The van der Waals surface area contributed by atoms with E-state index in [0.717, 1.165) is 60.9 Å². The van der Waals surface area contributed by atoms with Gasteiger partial charge in [-0.1, -0.05) is 92.2 Å². The Morgan fingerprint density at radius 1 is 0.775 bits per heavy atom. The summed E-state index contributed by atoms with van der Waals surface area (Å²) in [4.78, 5) is 13.6. The molecule has 0 amide bonds. The summed E-state index contributed by atoms with van der Waals surface area (Å²) in [5.41, 5.74) is 5.46. The lowest BCUT2D eigenvalue weighted by molar-refractivity contribution is -0.235. The molecule has 0 aliphatic carbocycles. The van der Waals surface area contributed by atoms with E-state index in [1.807, 2.05) is 36.4 Å². The van der Waals surface area contributed by atoms with Crippen LogP contribution in [-0.2, 0) is 9.47 Å². The monoisotopic (exact) mass is 536 g/mol. The third-order valence-corrected chi connectivity index (χ3v) is 8.22. The molecule has 0 spiro atoms. The molecule has 2 fully saturated rings. The molecular formula is C34H40N4O2. The van der Waals surface area contributed by atoms with Crippen LogP contribution in [0.5, 0.6) is 0 Å². The van der Waals surface area contributed by atoms with E-state index in [2.05, 4.69) is 76.3 Å². The predicted octanol–water partition coefficient (Wildman–Crippen LogP) is 6.79. The molecule has 6 heteroatoms.